The average molecular weight is 514 g/mol. The first-order valence-electron chi connectivity index (χ1n) is 15.0. The van der Waals surface area contributed by atoms with Crippen LogP contribution in [0, 0.1) is 17.8 Å². The van der Waals surface area contributed by atoms with Gasteiger partial charge in [0, 0.05) is 35.8 Å². The zero-order chi connectivity index (χ0) is 25.8. The molecule has 6 heteroatoms. The first-order chi connectivity index (χ1) is 18.4. The van der Waals surface area contributed by atoms with Crippen LogP contribution in [0.3, 0.4) is 0 Å². The number of H-pyrrole nitrogens is 1. The SMILES string of the molecule is C[C@H]1C[C@H]2CC[C@@H](C1)N2C(=O)c1cc2c([nH]c1=O)C[C@]13CCN(CC4CC4)[C@H](Cc4ccc(O)cc41)[C@@H]3C2. The Bertz CT molecular complexity index is 1360. The van der Waals surface area contributed by atoms with Gasteiger partial charge in [-0.1, -0.05) is 13.0 Å². The summed E-state index contributed by atoms with van der Waals surface area (Å²) in [5.41, 5.74) is 4.86. The zero-order valence-electron chi connectivity index (χ0n) is 22.4. The number of fused-ring (bicyclic) bond motifs is 4. The second-order valence-electron chi connectivity index (χ2n) is 13.6. The van der Waals surface area contributed by atoms with Crippen molar-refractivity contribution in [2.45, 2.75) is 94.7 Å². The number of rotatable bonds is 3. The lowest BCUT2D eigenvalue weighted by Gasteiger charge is -2.59. The van der Waals surface area contributed by atoms with E-state index in [1.165, 1.54) is 30.5 Å². The average Bonchev–Trinajstić information content (AvgIpc) is 3.67. The molecule has 6 aliphatic rings. The molecule has 0 spiro atoms. The first-order valence-corrected chi connectivity index (χ1v) is 15.0. The number of amides is 1. The second kappa shape index (κ2) is 8.20. The summed E-state index contributed by atoms with van der Waals surface area (Å²) < 4.78 is 0. The van der Waals surface area contributed by atoms with Gasteiger partial charge in [0.25, 0.3) is 11.5 Å². The van der Waals surface area contributed by atoms with Crippen LogP contribution in [0.5, 0.6) is 5.75 Å². The van der Waals surface area contributed by atoms with Crippen molar-refractivity contribution >= 4 is 5.91 Å². The number of benzene rings is 1. The number of pyridine rings is 1. The molecule has 3 aliphatic heterocycles. The number of likely N-dealkylation sites (tertiary alicyclic amines) is 1. The topological polar surface area (TPSA) is 76.6 Å². The molecule has 1 aromatic carbocycles. The fourth-order valence-corrected chi connectivity index (χ4v) is 9.44. The van der Waals surface area contributed by atoms with Gasteiger partial charge in [0.05, 0.1) is 0 Å². The maximum absolute atomic E-state index is 13.8. The fourth-order valence-electron chi connectivity index (χ4n) is 9.44. The third kappa shape index (κ3) is 3.41. The lowest BCUT2D eigenvalue weighted by atomic mass is 9.52. The zero-order valence-corrected chi connectivity index (χ0v) is 22.4. The number of carbonyl (C=O) groups excluding carboxylic acids is 1. The number of nitrogens with one attached hydrogen (secondary N) is 1. The minimum atomic E-state index is -0.226. The molecule has 6 nitrogen and oxygen atoms in total. The third-order valence-electron chi connectivity index (χ3n) is 11.3. The Hall–Kier alpha value is -2.60. The van der Waals surface area contributed by atoms with Crippen molar-refractivity contribution in [3.05, 3.63) is 62.6 Å². The van der Waals surface area contributed by atoms with Crippen LogP contribution in [0.25, 0.3) is 0 Å². The van der Waals surface area contributed by atoms with E-state index in [0.717, 1.165) is 75.1 Å². The lowest BCUT2D eigenvalue weighted by Crippen LogP contribution is -2.63. The van der Waals surface area contributed by atoms with E-state index in [1.54, 1.807) is 0 Å². The largest absolute Gasteiger partial charge is 0.508 e. The summed E-state index contributed by atoms with van der Waals surface area (Å²) in [5, 5.41) is 10.5. The number of nitrogens with zero attached hydrogens (tertiary/aromatic N) is 2. The minimum absolute atomic E-state index is 0.0526. The van der Waals surface area contributed by atoms with Crippen LogP contribution < -0.4 is 5.56 Å². The molecule has 4 bridgehead atoms. The van der Waals surface area contributed by atoms with Gasteiger partial charge in [0.1, 0.15) is 11.3 Å². The predicted molar refractivity (Wildman–Crippen MR) is 146 cm³/mol. The summed E-state index contributed by atoms with van der Waals surface area (Å²) >= 11 is 0. The molecule has 3 saturated heterocycles. The van der Waals surface area contributed by atoms with Crippen molar-refractivity contribution < 1.29 is 9.90 Å². The van der Waals surface area contributed by atoms with Crippen LogP contribution in [0.4, 0.5) is 0 Å². The van der Waals surface area contributed by atoms with Crippen molar-refractivity contribution in [1.29, 1.82) is 0 Å². The highest BCUT2D eigenvalue weighted by molar-refractivity contribution is 5.95. The summed E-state index contributed by atoms with van der Waals surface area (Å²) in [4.78, 5) is 35.3. The van der Waals surface area contributed by atoms with Crippen molar-refractivity contribution in [3.63, 3.8) is 0 Å². The van der Waals surface area contributed by atoms with E-state index in [1.807, 2.05) is 18.2 Å². The van der Waals surface area contributed by atoms with Gasteiger partial charge < -0.3 is 15.0 Å². The lowest BCUT2D eigenvalue weighted by molar-refractivity contribution is 0.00456. The van der Waals surface area contributed by atoms with Gasteiger partial charge in [0.15, 0.2) is 0 Å². The Morgan fingerprint density at radius 2 is 1.87 bits per heavy atom. The van der Waals surface area contributed by atoms with Gasteiger partial charge in [-0.25, -0.2) is 0 Å². The normalized spacial score (nSPS) is 35.4. The Balaban J connectivity index is 1.18. The molecule has 2 N–H and O–H groups in total. The highest BCUT2D eigenvalue weighted by Crippen LogP contribution is 2.55. The molecular weight excluding hydrogens is 474 g/mol. The number of piperidine rings is 2. The molecular formula is C32H39N3O3. The number of hydrogen-bond acceptors (Lipinski definition) is 4. The number of phenols is 1. The summed E-state index contributed by atoms with van der Waals surface area (Å²) in [5.74, 6) is 2.21. The number of aromatic hydroxyl groups is 1. The van der Waals surface area contributed by atoms with Crippen molar-refractivity contribution in [2.75, 3.05) is 13.1 Å². The molecule has 200 valence electrons. The van der Waals surface area contributed by atoms with Crippen molar-refractivity contribution in [2.24, 2.45) is 17.8 Å². The molecule has 1 amide bonds. The van der Waals surface area contributed by atoms with Crippen LogP contribution >= 0.6 is 0 Å². The van der Waals surface area contributed by atoms with Gasteiger partial charge in [-0.05, 0) is 123 Å². The standard InChI is InChI=1S/C32H39N3O3/c1-18-10-22-5-6-23(11-18)35(22)31(38)25-12-21-13-27-29-14-20-4-7-24(36)15-26(20)32(27,16-28(21)33-30(25)37)8-9-34(29)17-19-2-3-19/h4,7,12,15,18-19,22-23,27,29,36H,2-3,5-6,8-11,13-14,16-17H2,1H3,(H,33,37)/t18-,22+,23-,27-,29+,32+/m0/s1. The van der Waals surface area contributed by atoms with Crippen LogP contribution in [0.2, 0.25) is 0 Å². The highest BCUT2D eigenvalue weighted by atomic mass is 16.3. The quantitative estimate of drug-likeness (QED) is 0.646. The maximum Gasteiger partial charge on any atom is 0.261 e. The van der Waals surface area contributed by atoms with E-state index < -0.39 is 0 Å². The molecule has 38 heavy (non-hydrogen) atoms. The molecule has 3 aliphatic carbocycles. The summed E-state index contributed by atoms with van der Waals surface area (Å²) in [6.07, 6.45) is 10.7. The number of aromatic nitrogens is 1. The predicted octanol–water partition coefficient (Wildman–Crippen LogP) is 4.18. The Morgan fingerprint density at radius 3 is 2.63 bits per heavy atom. The van der Waals surface area contributed by atoms with Crippen LogP contribution in [-0.2, 0) is 24.7 Å². The fraction of sp³-hybridized carbons (Fsp3) is 0.625. The van der Waals surface area contributed by atoms with Crippen LogP contribution in [0.1, 0.15) is 84.6 Å². The van der Waals surface area contributed by atoms with Gasteiger partial charge >= 0.3 is 0 Å². The van der Waals surface area contributed by atoms with Gasteiger partial charge in [-0.2, -0.15) is 0 Å². The van der Waals surface area contributed by atoms with E-state index in [4.69, 9.17) is 0 Å². The van der Waals surface area contributed by atoms with Crippen molar-refractivity contribution in [1.82, 2.24) is 14.8 Å². The molecule has 2 aromatic rings. The molecule has 8 rings (SSSR count). The van der Waals surface area contributed by atoms with E-state index >= 15 is 0 Å². The maximum atomic E-state index is 13.8. The number of phenolic OH excluding ortho intramolecular Hbond substituents is 1. The van der Waals surface area contributed by atoms with Gasteiger partial charge in [0.2, 0.25) is 0 Å². The highest BCUT2D eigenvalue weighted by Gasteiger charge is 2.56. The summed E-state index contributed by atoms with van der Waals surface area (Å²) in [6.45, 7) is 4.57. The Labute approximate surface area is 224 Å². The van der Waals surface area contributed by atoms with E-state index in [2.05, 4.69) is 27.8 Å². The smallest absolute Gasteiger partial charge is 0.261 e. The van der Waals surface area contributed by atoms with E-state index in [9.17, 15) is 14.7 Å². The third-order valence-corrected chi connectivity index (χ3v) is 11.3. The number of aromatic amines is 1. The number of carbonyl (C=O) groups is 1. The Kier molecular flexibility index (Phi) is 5.03. The van der Waals surface area contributed by atoms with Gasteiger partial charge in [-0.3, -0.25) is 14.5 Å². The summed E-state index contributed by atoms with van der Waals surface area (Å²) in [6, 6.07) is 8.98. The Morgan fingerprint density at radius 1 is 1.08 bits per heavy atom. The molecule has 0 unspecified atom stereocenters. The minimum Gasteiger partial charge on any atom is -0.508 e. The molecule has 1 saturated carbocycles. The number of hydrogen-bond donors (Lipinski definition) is 2. The molecule has 4 fully saturated rings. The molecule has 1 aromatic heterocycles. The van der Waals surface area contributed by atoms with E-state index in [0.29, 0.717) is 29.2 Å². The molecule has 4 heterocycles. The van der Waals surface area contributed by atoms with Gasteiger partial charge in [-0.15, -0.1) is 0 Å². The monoisotopic (exact) mass is 513 g/mol. The molecule has 6 atom stereocenters. The van der Waals surface area contributed by atoms with Crippen molar-refractivity contribution in [3.8, 4) is 5.75 Å². The molecule has 0 radical (unpaired) electrons. The first kappa shape index (κ1) is 23.3. The van der Waals surface area contributed by atoms with E-state index in [-0.39, 0.29) is 29.0 Å². The summed E-state index contributed by atoms with van der Waals surface area (Å²) in [7, 11) is 0. The second-order valence-corrected chi connectivity index (χ2v) is 13.6. The van der Waals surface area contributed by atoms with Crippen LogP contribution in [0.15, 0.2) is 29.1 Å². The van der Waals surface area contributed by atoms with Crippen LogP contribution in [-0.4, -0.2) is 57.0 Å².